The van der Waals surface area contributed by atoms with E-state index in [0.29, 0.717) is 32.5 Å². The number of rotatable bonds is 5. The van der Waals surface area contributed by atoms with Crippen LogP contribution in [-0.2, 0) is 10.2 Å². The summed E-state index contributed by atoms with van der Waals surface area (Å²) >= 11 is 0. The average Bonchev–Trinajstić information content (AvgIpc) is 2.53. The molecule has 1 aliphatic rings. The smallest absolute Gasteiger partial charge is 0.202 e. The molecule has 16 heavy (non-hydrogen) atoms. The van der Waals surface area contributed by atoms with Gasteiger partial charge >= 0.3 is 0 Å². The van der Waals surface area contributed by atoms with Gasteiger partial charge in [0.05, 0.1) is 6.07 Å². The van der Waals surface area contributed by atoms with E-state index in [-0.39, 0.29) is 0 Å². The van der Waals surface area contributed by atoms with Crippen LogP contribution in [0.2, 0.25) is 0 Å². The van der Waals surface area contributed by atoms with Crippen LogP contribution < -0.4 is 4.72 Å². The zero-order chi connectivity index (χ0) is 11.9. The van der Waals surface area contributed by atoms with Crippen molar-refractivity contribution >= 4 is 10.2 Å². The Balaban J connectivity index is 2.39. The summed E-state index contributed by atoms with van der Waals surface area (Å²) in [5.74, 6) is 0. The molecule has 0 spiro atoms. The van der Waals surface area contributed by atoms with E-state index < -0.39 is 10.2 Å². The lowest BCUT2D eigenvalue weighted by Gasteiger charge is -2.19. The van der Waals surface area contributed by atoms with Gasteiger partial charge in [0.15, 0.2) is 0 Å². The zero-order valence-electron chi connectivity index (χ0n) is 9.48. The Kier molecular flexibility index (Phi) is 5.74. The fourth-order valence-corrected chi connectivity index (χ4v) is 3.07. The quantitative estimate of drug-likeness (QED) is 0.734. The van der Waals surface area contributed by atoms with Crippen molar-refractivity contribution < 1.29 is 8.42 Å². The van der Waals surface area contributed by atoms with Gasteiger partial charge in [-0.3, -0.25) is 0 Å². The summed E-state index contributed by atoms with van der Waals surface area (Å²) < 4.78 is 27.7. The van der Waals surface area contributed by atoms with Gasteiger partial charge in [-0.1, -0.05) is 12.8 Å². The molecule has 1 rings (SSSR count). The second kappa shape index (κ2) is 6.84. The number of nitrogens with zero attached hydrogens (tertiary/aromatic N) is 2. The van der Waals surface area contributed by atoms with Crippen molar-refractivity contribution in [2.45, 2.75) is 38.5 Å². The molecule has 0 radical (unpaired) electrons. The third kappa shape index (κ3) is 4.47. The van der Waals surface area contributed by atoms with Gasteiger partial charge in [-0.15, -0.1) is 0 Å². The molecule has 1 N–H and O–H groups in total. The molecule has 1 fully saturated rings. The molecule has 0 unspecified atom stereocenters. The van der Waals surface area contributed by atoms with Crippen molar-refractivity contribution in [1.29, 1.82) is 5.26 Å². The molecule has 0 bridgehead atoms. The molecular weight excluding hydrogens is 226 g/mol. The van der Waals surface area contributed by atoms with Crippen LogP contribution in [0.15, 0.2) is 0 Å². The van der Waals surface area contributed by atoms with E-state index in [9.17, 15) is 8.42 Å². The van der Waals surface area contributed by atoms with Crippen LogP contribution in [0.5, 0.6) is 0 Å². The molecule has 5 nitrogen and oxygen atoms in total. The highest BCUT2D eigenvalue weighted by Gasteiger charge is 2.21. The Labute approximate surface area is 97.6 Å². The molecular formula is C10H19N3O2S. The van der Waals surface area contributed by atoms with Gasteiger partial charge in [0.1, 0.15) is 0 Å². The summed E-state index contributed by atoms with van der Waals surface area (Å²) in [6, 6.07) is 2.00. The molecule has 0 amide bonds. The molecule has 0 saturated carbocycles. The van der Waals surface area contributed by atoms with Crippen molar-refractivity contribution in [2.75, 3.05) is 19.6 Å². The lowest BCUT2D eigenvalue weighted by Crippen LogP contribution is -2.41. The van der Waals surface area contributed by atoms with E-state index >= 15 is 0 Å². The zero-order valence-corrected chi connectivity index (χ0v) is 10.3. The second-order valence-electron chi connectivity index (χ2n) is 3.97. The fraction of sp³-hybridized carbons (Fsp3) is 0.900. The number of hydrogen-bond acceptors (Lipinski definition) is 3. The Morgan fingerprint density at radius 2 is 1.81 bits per heavy atom. The van der Waals surface area contributed by atoms with Crippen LogP contribution >= 0.6 is 0 Å². The highest BCUT2D eigenvalue weighted by molar-refractivity contribution is 7.87. The SMILES string of the molecule is N#CCCCNS(=O)(=O)N1CCCCCC1. The molecule has 1 heterocycles. The molecule has 6 heteroatoms. The van der Waals surface area contributed by atoms with Crippen molar-refractivity contribution in [1.82, 2.24) is 9.03 Å². The number of hydrogen-bond donors (Lipinski definition) is 1. The van der Waals surface area contributed by atoms with Crippen LogP contribution in [0.1, 0.15) is 38.5 Å². The van der Waals surface area contributed by atoms with Crippen molar-refractivity contribution in [3.05, 3.63) is 0 Å². The highest BCUT2D eigenvalue weighted by atomic mass is 32.2. The largest absolute Gasteiger partial charge is 0.279 e. The first-order valence-electron chi connectivity index (χ1n) is 5.78. The van der Waals surface area contributed by atoms with Crippen molar-refractivity contribution in [2.24, 2.45) is 0 Å². The Morgan fingerprint density at radius 3 is 2.38 bits per heavy atom. The van der Waals surface area contributed by atoms with Crippen LogP contribution in [-0.4, -0.2) is 32.4 Å². The molecule has 1 saturated heterocycles. The van der Waals surface area contributed by atoms with E-state index in [2.05, 4.69) is 4.72 Å². The number of nitrogens with one attached hydrogen (secondary N) is 1. The van der Waals surface area contributed by atoms with E-state index in [0.717, 1.165) is 25.7 Å². The van der Waals surface area contributed by atoms with E-state index in [4.69, 9.17) is 5.26 Å². The summed E-state index contributed by atoms with van der Waals surface area (Å²) in [6.07, 6.45) is 5.07. The van der Waals surface area contributed by atoms with Crippen LogP contribution in [0.4, 0.5) is 0 Å². The maximum Gasteiger partial charge on any atom is 0.279 e. The predicted molar refractivity (Wildman–Crippen MR) is 61.8 cm³/mol. The normalized spacial score (nSPS) is 18.9. The summed E-state index contributed by atoms with van der Waals surface area (Å²) in [4.78, 5) is 0. The topological polar surface area (TPSA) is 73.2 Å². The third-order valence-electron chi connectivity index (χ3n) is 2.65. The lowest BCUT2D eigenvalue weighted by molar-refractivity contribution is 0.414. The van der Waals surface area contributed by atoms with Gasteiger partial charge in [-0.2, -0.15) is 18.0 Å². The minimum atomic E-state index is -3.31. The predicted octanol–water partition coefficient (Wildman–Crippen LogP) is 1.00. The number of unbranched alkanes of at least 4 members (excludes halogenated alkanes) is 1. The van der Waals surface area contributed by atoms with Gasteiger partial charge < -0.3 is 0 Å². The minimum Gasteiger partial charge on any atom is -0.202 e. The Morgan fingerprint density at radius 1 is 1.19 bits per heavy atom. The average molecular weight is 245 g/mol. The fourth-order valence-electron chi connectivity index (χ4n) is 1.74. The molecule has 0 atom stereocenters. The lowest BCUT2D eigenvalue weighted by atomic mass is 10.2. The molecule has 0 aromatic carbocycles. The van der Waals surface area contributed by atoms with Gasteiger partial charge in [0, 0.05) is 26.1 Å². The maximum absolute atomic E-state index is 11.8. The number of nitriles is 1. The second-order valence-corrected chi connectivity index (χ2v) is 5.73. The van der Waals surface area contributed by atoms with E-state index in [1.165, 1.54) is 4.31 Å². The van der Waals surface area contributed by atoms with Crippen LogP contribution in [0, 0.1) is 11.3 Å². The minimum absolute atomic E-state index is 0.354. The van der Waals surface area contributed by atoms with Gasteiger partial charge in [-0.25, -0.2) is 4.72 Å². The van der Waals surface area contributed by atoms with Crippen LogP contribution in [0.25, 0.3) is 0 Å². The summed E-state index contributed by atoms with van der Waals surface area (Å²) in [7, 11) is -3.31. The molecule has 0 aromatic rings. The van der Waals surface area contributed by atoms with E-state index in [1.54, 1.807) is 0 Å². The molecule has 92 valence electrons. The Hall–Kier alpha value is -0.640. The molecule has 0 aromatic heterocycles. The maximum atomic E-state index is 11.8. The monoisotopic (exact) mass is 245 g/mol. The summed E-state index contributed by atoms with van der Waals surface area (Å²) in [6.45, 7) is 1.59. The highest BCUT2D eigenvalue weighted by Crippen LogP contribution is 2.12. The first-order chi connectivity index (χ1) is 7.67. The molecule has 0 aliphatic carbocycles. The van der Waals surface area contributed by atoms with E-state index in [1.807, 2.05) is 6.07 Å². The summed E-state index contributed by atoms with van der Waals surface area (Å²) in [5, 5.41) is 8.34. The third-order valence-corrected chi connectivity index (χ3v) is 4.27. The van der Waals surface area contributed by atoms with Gasteiger partial charge in [0.25, 0.3) is 10.2 Å². The Bertz CT molecular complexity index is 326. The van der Waals surface area contributed by atoms with Gasteiger partial charge in [0.2, 0.25) is 0 Å². The van der Waals surface area contributed by atoms with Crippen LogP contribution in [0.3, 0.4) is 0 Å². The molecule has 1 aliphatic heterocycles. The van der Waals surface area contributed by atoms with Gasteiger partial charge in [-0.05, 0) is 19.3 Å². The van der Waals surface area contributed by atoms with Crippen molar-refractivity contribution in [3.63, 3.8) is 0 Å². The standard InChI is InChI=1S/C10H19N3O2S/c11-7-3-4-8-12-16(14,15)13-9-5-1-2-6-10-13/h12H,1-6,8-10H2. The van der Waals surface area contributed by atoms with Crippen molar-refractivity contribution in [3.8, 4) is 6.07 Å². The summed E-state index contributed by atoms with van der Waals surface area (Å²) in [5.41, 5.74) is 0. The first kappa shape index (κ1) is 13.4. The first-order valence-corrected chi connectivity index (χ1v) is 7.22.